The van der Waals surface area contributed by atoms with Gasteiger partial charge in [-0.2, -0.15) is 0 Å². The van der Waals surface area contributed by atoms with Gasteiger partial charge in [0.2, 0.25) is 0 Å². The number of hydrogen-bond donors (Lipinski definition) is 0. The summed E-state index contributed by atoms with van der Waals surface area (Å²) in [6, 6.07) is 97.3. The Balaban J connectivity index is 0.905. The van der Waals surface area contributed by atoms with Crippen molar-refractivity contribution < 1.29 is 0 Å². The van der Waals surface area contributed by atoms with Crippen molar-refractivity contribution in [2.75, 3.05) is 9.80 Å². The maximum Gasteiger partial charge on any atom is 0.0520 e. The smallest absolute Gasteiger partial charge is 0.0520 e. The van der Waals surface area contributed by atoms with Gasteiger partial charge in [-0.15, -0.1) is 0 Å². The molecule has 0 amide bonds. The van der Waals surface area contributed by atoms with E-state index >= 15 is 0 Å². The first-order valence-corrected chi connectivity index (χ1v) is 26.3. The van der Waals surface area contributed by atoms with Crippen LogP contribution in [0.2, 0.25) is 0 Å². The molecule has 0 N–H and O–H groups in total. The predicted molar refractivity (Wildman–Crippen MR) is 313 cm³/mol. The summed E-state index contributed by atoms with van der Waals surface area (Å²) in [6.45, 7) is 3.26. The third kappa shape index (κ3) is 9.37. The second-order valence-corrected chi connectivity index (χ2v) is 19.4. The number of anilines is 6. The summed E-state index contributed by atoms with van der Waals surface area (Å²) < 4.78 is 2.66. The maximum absolute atomic E-state index is 2.66. The summed E-state index contributed by atoms with van der Waals surface area (Å²) in [5, 5.41) is 0. The summed E-state index contributed by atoms with van der Waals surface area (Å²) in [6.07, 6.45) is 5.64. The largest absolute Gasteiger partial charge is 0.340 e. The Morgan fingerprint density at radius 1 is 0.270 bits per heavy atom. The lowest BCUT2D eigenvalue weighted by atomic mass is 9.89. The SMILES string of the molecule is CCCn1c(-c2ccc(N(c3ccc(-c4ccccc4)cc3)c3ccc(-c4ccccc4)cc3)cc2)c2c(c1-c1ccc(N(c3ccc(-c4ccccc4)cc3)c3ccc(-c4ccccc4)cc3)cc1)CCCC2. The molecule has 0 unspecified atom stereocenters. The van der Waals surface area contributed by atoms with Crippen LogP contribution in [-0.4, -0.2) is 4.57 Å². The van der Waals surface area contributed by atoms with Gasteiger partial charge in [0.05, 0.1) is 11.4 Å². The molecule has 1 aliphatic carbocycles. The van der Waals surface area contributed by atoms with Crippen molar-refractivity contribution >= 4 is 34.1 Å². The van der Waals surface area contributed by atoms with Gasteiger partial charge in [0.15, 0.2) is 0 Å². The van der Waals surface area contributed by atoms with Gasteiger partial charge in [-0.1, -0.05) is 201 Å². The highest BCUT2D eigenvalue weighted by Crippen LogP contribution is 2.45. The third-order valence-corrected chi connectivity index (χ3v) is 14.8. The fraction of sp³-hybridized carbons (Fsp3) is 0.0986. The molecular weight excluding hydrogens is 895 g/mol. The molecule has 1 heterocycles. The standard InChI is InChI=1S/C71H59N3/c1-2-51-72-70(60-35-47-66(48-36-60)73(62-39-27-56(28-40-62)52-17-7-3-8-18-52)63-41-29-57(30-42-63)53-19-9-4-10-20-53)68-25-15-16-26-69(68)71(72)61-37-49-67(50-38-61)74(64-43-31-58(32-44-64)54-21-11-5-12-22-54)65-45-33-59(34-46-65)55-23-13-6-14-24-55/h3-14,17-24,27-50H,2,15-16,25-26,51H2,1H3. The molecule has 0 atom stereocenters. The Morgan fingerprint density at radius 3 is 0.716 bits per heavy atom. The van der Waals surface area contributed by atoms with Crippen molar-refractivity contribution in [3.8, 4) is 67.0 Å². The number of aromatic nitrogens is 1. The Hall–Kier alpha value is -8.92. The molecule has 3 heteroatoms. The number of nitrogens with zero attached hydrogens (tertiary/aromatic N) is 3. The molecule has 0 saturated carbocycles. The predicted octanol–water partition coefficient (Wildman–Crippen LogP) is 19.7. The molecule has 11 aromatic rings. The van der Waals surface area contributed by atoms with E-state index in [4.69, 9.17) is 0 Å². The zero-order valence-corrected chi connectivity index (χ0v) is 42.0. The average Bonchev–Trinajstić information content (AvgIpc) is 3.82. The maximum atomic E-state index is 2.66. The molecule has 0 bridgehead atoms. The van der Waals surface area contributed by atoms with Crippen molar-refractivity contribution in [1.29, 1.82) is 0 Å². The van der Waals surface area contributed by atoms with Crippen molar-refractivity contribution in [3.05, 3.63) is 278 Å². The van der Waals surface area contributed by atoms with Crippen LogP contribution >= 0.6 is 0 Å². The highest BCUT2D eigenvalue weighted by atomic mass is 15.1. The summed E-state index contributed by atoms with van der Waals surface area (Å²) >= 11 is 0. The molecule has 0 aliphatic heterocycles. The van der Waals surface area contributed by atoms with Crippen LogP contribution in [-0.2, 0) is 19.4 Å². The minimum atomic E-state index is 0.947. The first kappa shape index (κ1) is 46.2. The summed E-state index contributed by atoms with van der Waals surface area (Å²) in [5.74, 6) is 0. The zero-order chi connectivity index (χ0) is 49.6. The van der Waals surface area contributed by atoms with Crippen LogP contribution in [0.5, 0.6) is 0 Å². The van der Waals surface area contributed by atoms with Gasteiger partial charge in [0.25, 0.3) is 0 Å². The van der Waals surface area contributed by atoms with Gasteiger partial charge in [-0.3, -0.25) is 0 Å². The van der Waals surface area contributed by atoms with E-state index in [9.17, 15) is 0 Å². The highest BCUT2D eigenvalue weighted by Gasteiger charge is 2.27. The van der Waals surface area contributed by atoms with Crippen molar-refractivity contribution in [2.45, 2.75) is 45.6 Å². The van der Waals surface area contributed by atoms with Crippen LogP contribution < -0.4 is 9.80 Å². The molecule has 0 saturated heterocycles. The highest BCUT2D eigenvalue weighted by molar-refractivity contribution is 5.85. The molecule has 74 heavy (non-hydrogen) atoms. The van der Waals surface area contributed by atoms with E-state index in [1.54, 1.807) is 0 Å². The van der Waals surface area contributed by atoms with Crippen LogP contribution in [0.3, 0.4) is 0 Å². The number of hydrogen-bond acceptors (Lipinski definition) is 2. The summed E-state index contributed by atoms with van der Waals surface area (Å²) in [7, 11) is 0. The lowest BCUT2D eigenvalue weighted by Crippen LogP contribution is -2.10. The van der Waals surface area contributed by atoms with Gasteiger partial charge in [-0.05, 0) is 172 Å². The molecule has 1 aromatic heterocycles. The molecule has 10 aromatic carbocycles. The molecule has 3 nitrogen and oxygen atoms in total. The van der Waals surface area contributed by atoms with Crippen LogP contribution in [0.25, 0.3) is 67.0 Å². The first-order chi connectivity index (χ1) is 36.7. The van der Waals surface area contributed by atoms with E-state index in [1.165, 1.54) is 91.0 Å². The topological polar surface area (TPSA) is 11.4 Å². The van der Waals surface area contributed by atoms with Crippen LogP contribution in [0.15, 0.2) is 267 Å². The fourth-order valence-corrected chi connectivity index (χ4v) is 11.1. The van der Waals surface area contributed by atoms with Crippen LogP contribution in [0, 0.1) is 0 Å². The summed E-state index contributed by atoms with van der Waals surface area (Å²) in [5.41, 5.74) is 24.7. The zero-order valence-electron chi connectivity index (χ0n) is 42.0. The Labute approximate surface area is 436 Å². The minimum Gasteiger partial charge on any atom is -0.340 e. The molecule has 0 radical (unpaired) electrons. The average molecular weight is 954 g/mol. The molecule has 0 fully saturated rings. The molecule has 12 rings (SSSR count). The van der Waals surface area contributed by atoms with E-state index in [0.717, 1.165) is 59.9 Å². The molecule has 1 aliphatic rings. The van der Waals surface area contributed by atoms with Crippen LogP contribution in [0.4, 0.5) is 34.1 Å². The fourth-order valence-electron chi connectivity index (χ4n) is 11.1. The Morgan fingerprint density at radius 2 is 0.486 bits per heavy atom. The number of benzene rings is 10. The van der Waals surface area contributed by atoms with Crippen molar-refractivity contribution in [1.82, 2.24) is 4.57 Å². The van der Waals surface area contributed by atoms with Gasteiger partial charge in [-0.25, -0.2) is 0 Å². The van der Waals surface area contributed by atoms with Gasteiger partial charge < -0.3 is 14.4 Å². The number of rotatable bonds is 14. The van der Waals surface area contributed by atoms with Gasteiger partial charge in [0, 0.05) is 40.7 Å². The monoisotopic (exact) mass is 953 g/mol. The van der Waals surface area contributed by atoms with Gasteiger partial charge in [0.1, 0.15) is 0 Å². The Bertz CT molecular complexity index is 3180. The third-order valence-electron chi connectivity index (χ3n) is 14.8. The quantitative estimate of drug-likeness (QED) is 0.108. The van der Waals surface area contributed by atoms with E-state index in [2.05, 4.69) is 288 Å². The van der Waals surface area contributed by atoms with E-state index in [0.29, 0.717) is 0 Å². The van der Waals surface area contributed by atoms with E-state index < -0.39 is 0 Å². The summed E-state index contributed by atoms with van der Waals surface area (Å²) in [4.78, 5) is 4.78. The Kier molecular flexibility index (Phi) is 13.1. The van der Waals surface area contributed by atoms with Crippen molar-refractivity contribution in [3.63, 3.8) is 0 Å². The molecule has 358 valence electrons. The van der Waals surface area contributed by atoms with Crippen molar-refractivity contribution in [2.24, 2.45) is 0 Å². The molecular formula is C71H59N3. The number of fused-ring (bicyclic) bond motifs is 1. The lowest BCUT2D eigenvalue weighted by molar-refractivity contribution is 0.692. The van der Waals surface area contributed by atoms with Crippen LogP contribution in [0.1, 0.15) is 37.3 Å². The van der Waals surface area contributed by atoms with Gasteiger partial charge >= 0.3 is 0 Å². The normalized spacial score (nSPS) is 12.0. The lowest BCUT2D eigenvalue weighted by Gasteiger charge is -2.26. The minimum absolute atomic E-state index is 0.947. The first-order valence-electron chi connectivity index (χ1n) is 26.3. The van der Waals surface area contributed by atoms with E-state index in [1.807, 2.05) is 0 Å². The second-order valence-electron chi connectivity index (χ2n) is 19.4. The second kappa shape index (κ2) is 21.0. The molecule has 0 spiro atoms. The van der Waals surface area contributed by atoms with E-state index in [-0.39, 0.29) is 0 Å².